The maximum Gasteiger partial charge on any atom is 0.341 e. The maximum atomic E-state index is 13.1. The molecule has 32 heavy (non-hydrogen) atoms. The molecule has 3 aromatic rings. The van der Waals surface area contributed by atoms with Crippen molar-refractivity contribution in [1.29, 1.82) is 5.41 Å². The molecule has 1 aromatic carbocycles. The lowest BCUT2D eigenvalue weighted by atomic mass is 10.1. The first-order chi connectivity index (χ1) is 15.5. The molecular formula is C24H27N3O4S. The summed E-state index contributed by atoms with van der Waals surface area (Å²) in [6.07, 6.45) is 2.70. The van der Waals surface area contributed by atoms with Crippen molar-refractivity contribution in [1.82, 2.24) is 0 Å². The molecule has 0 radical (unpaired) electrons. The number of hydrogen-bond donors (Lipinski definition) is 2. The first-order valence-corrected chi connectivity index (χ1v) is 11.8. The summed E-state index contributed by atoms with van der Waals surface area (Å²) in [4.78, 5) is 28.9. The second-order valence-corrected chi connectivity index (χ2v) is 8.72. The summed E-state index contributed by atoms with van der Waals surface area (Å²) in [5, 5.41) is 12.3. The van der Waals surface area contributed by atoms with Crippen LogP contribution in [0.4, 0.5) is 10.7 Å². The predicted molar refractivity (Wildman–Crippen MR) is 126 cm³/mol. The molecular weight excluding hydrogens is 426 g/mol. The van der Waals surface area contributed by atoms with Crippen molar-refractivity contribution in [3.05, 3.63) is 51.4 Å². The van der Waals surface area contributed by atoms with Gasteiger partial charge in [-0.15, -0.1) is 11.3 Å². The Balaban J connectivity index is 1.66. The number of anilines is 2. The highest BCUT2D eigenvalue weighted by Crippen LogP contribution is 2.39. The van der Waals surface area contributed by atoms with Gasteiger partial charge in [-0.25, -0.2) is 4.79 Å². The maximum absolute atomic E-state index is 13.1. The number of benzene rings is 1. The molecule has 1 aliphatic rings. The van der Waals surface area contributed by atoms with Crippen molar-refractivity contribution >= 4 is 44.9 Å². The lowest BCUT2D eigenvalue weighted by molar-refractivity contribution is 0.0527. The minimum absolute atomic E-state index is 0.122. The number of hydrogen-bond acceptors (Lipinski definition) is 7. The van der Waals surface area contributed by atoms with Crippen LogP contribution in [-0.2, 0) is 17.6 Å². The fourth-order valence-electron chi connectivity index (χ4n) is 4.15. The van der Waals surface area contributed by atoms with Gasteiger partial charge in [0.1, 0.15) is 16.1 Å². The van der Waals surface area contributed by atoms with E-state index in [-0.39, 0.29) is 17.7 Å². The van der Waals surface area contributed by atoms with Crippen LogP contribution in [0.5, 0.6) is 0 Å². The molecule has 2 N–H and O–H groups in total. The van der Waals surface area contributed by atoms with E-state index in [2.05, 4.69) is 24.1 Å². The fourth-order valence-corrected chi connectivity index (χ4v) is 5.43. The normalized spacial score (nSPS) is 12.6. The molecule has 0 saturated carbocycles. The average Bonchev–Trinajstić information content (AvgIpc) is 3.35. The predicted octanol–water partition coefficient (Wildman–Crippen LogP) is 4.74. The van der Waals surface area contributed by atoms with E-state index >= 15 is 0 Å². The summed E-state index contributed by atoms with van der Waals surface area (Å²) in [6, 6.07) is 7.43. The molecule has 8 heteroatoms. The highest BCUT2D eigenvalue weighted by atomic mass is 32.1. The molecule has 2 heterocycles. The van der Waals surface area contributed by atoms with Crippen molar-refractivity contribution in [3.8, 4) is 0 Å². The van der Waals surface area contributed by atoms with Crippen molar-refractivity contribution in [2.75, 3.05) is 29.9 Å². The second-order valence-electron chi connectivity index (χ2n) is 7.62. The van der Waals surface area contributed by atoms with Gasteiger partial charge in [0.05, 0.1) is 12.2 Å². The topological polar surface area (TPSA) is 95.6 Å². The zero-order valence-corrected chi connectivity index (χ0v) is 19.4. The first kappa shape index (κ1) is 22.1. The van der Waals surface area contributed by atoms with Gasteiger partial charge in [0.2, 0.25) is 5.55 Å². The number of esters is 1. The van der Waals surface area contributed by atoms with Gasteiger partial charge in [0, 0.05) is 35.1 Å². The minimum Gasteiger partial charge on any atom is -0.462 e. The summed E-state index contributed by atoms with van der Waals surface area (Å²) in [5.41, 5.74) is 2.89. The Kier molecular flexibility index (Phi) is 6.32. The number of aryl methyl sites for hydroxylation is 1. The number of amides is 1. The highest BCUT2D eigenvalue weighted by Gasteiger charge is 2.29. The SMILES string of the molecule is CCOC(=O)c1c(NC(=O)c2cc3ccc(N(CC)CC)cc3oc2=N)sc2c1CCC2. The van der Waals surface area contributed by atoms with Gasteiger partial charge in [0.15, 0.2) is 0 Å². The van der Waals surface area contributed by atoms with Crippen molar-refractivity contribution in [2.24, 2.45) is 0 Å². The molecule has 0 fully saturated rings. The number of ether oxygens (including phenoxy) is 1. The van der Waals surface area contributed by atoms with E-state index in [1.54, 1.807) is 13.0 Å². The van der Waals surface area contributed by atoms with Crippen LogP contribution < -0.4 is 15.8 Å². The Bertz CT molecular complexity index is 1240. The van der Waals surface area contributed by atoms with Crippen LogP contribution in [0.3, 0.4) is 0 Å². The molecule has 0 unspecified atom stereocenters. The molecule has 1 aliphatic carbocycles. The Hall–Kier alpha value is -3.13. The molecule has 0 aliphatic heterocycles. The number of rotatable bonds is 7. The molecule has 7 nitrogen and oxygen atoms in total. The second kappa shape index (κ2) is 9.16. The van der Waals surface area contributed by atoms with Gasteiger partial charge >= 0.3 is 5.97 Å². The van der Waals surface area contributed by atoms with Crippen LogP contribution in [0.2, 0.25) is 0 Å². The molecule has 0 bridgehead atoms. The van der Waals surface area contributed by atoms with E-state index < -0.39 is 11.9 Å². The minimum atomic E-state index is -0.473. The van der Waals surface area contributed by atoms with Crippen LogP contribution >= 0.6 is 11.3 Å². The number of nitrogens with one attached hydrogen (secondary N) is 2. The van der Waals surface area contributed by atoms with Gasteiger partial charge in [-0.05, 0) is 63.8 Å². The van der Waals surface area contributed by atoms with Crippen LogP contribution in [0, 0.1) is 5.41 Å². The first-order valence-electron chi connectivity index (χ1n) is 11.0. The van der Waals surface area contributed by atoms with Crippen molar-refractivity contribution in [2.45, 2.75) is 40.0 Å². The monoisotopic (exact) mass is 453 g/mol. The van der Waals surface area contributed by atoms with E-state index in [0.717, 1.165) is 53.9 Å². The Morgan fingerprint density at radius 2 is 1.97 bits per heavy atom. The number of thiophene rings is 1. The lowest BCUT2D eigenvalue weighted by Gasteiger charge is -2.21. The van der Waals surface area contributed by atoms with Crippen LogP contribution in [0.25, 0.3) is 11.0 Å². The van der Waals surface area contributed by atoms with E-state index in [1.165, 1.54) is 11.3 Å². The third-order valence-corrected chi connectivity index (χ3v) is 6.96. The molecule has 2 aromatic heterocycles. The number of carbonyl (C=O) groups is 2. The lowest BCUT2D eigenvalue weighted by Crippen LogP contribution is -2.22. The van der Waals surface area contributed by atoms with Crippen LogP contribution in [0.1, 0.15) is 58.3 Å². The molecule has 4 rings (SSSR count). The third kappa shape index (κ3) is 4.02. The number of nitrogens with zero attached hydrogens (tertiary/aromatic N) is 1. The number of fused-ring (bicyclic) bond motifs is 2. The smallest absolute Gasteiger partial charge is 0.341 e. The van der Waals surface area contributed by atoms with E-state index in [1.807, 2.05) is 18.2 Å². The quantitative estimate of drug-likeness (QED) is 0.504. The van der Waals surface area contributed by atoms with Gasteiger partial charge in [-0.2, -0.15) is 0 Å². The van der Waals surface area contributed by atoms with Crippen molar-refractivity contribution in [3.63, 3.8) is 0 Å². The third-order valence-electron chi connectivity index (χ3n) is 5.75. The fraction of sp³-hybridized carbons (Fsp3) is 0.375. The van der Waals surface area contributed by atoms with E-state index in [9.17, 15) is 9.59 Å². The van der Waals surface area contributed by atoms with Gasteiger partial charge < -0.3 is 19.4 Å². The summed E-state index contributed by atoms with van der Waals surface area (Å²) < 4.78 is 10.9. The summed E-state index contributed by atoms with van der Waals surface area (Å²) >= 11 is 1.42. The van der Waals surface area contributed by atoms with Crippen molar-refractivity contribution < 1.29 is 18.7 Å². The summed E-state index contributed by atoms with van der Waals surface area (Å²) in [6.45, 7) is 7.93. The Morgan fingerprint density at radius 1 is 1.19 bits per heavy atom. The van der Waals surface area contributed by atoms with Gasteiger partial charge in [-0.1, -0.05) is 0 Å². The largest absolute Gasteiger partial charge is 0.462 e. The molecule has 0 spiro atoms. The number of carbonyl (C=O) groups excluding carboxylic acids is 2. The summed E-state index contributed by atoms with van der Waals surface area (Å²) in [5.74, 6) is -0.889. The van der Waals surface area contributed by atoms with Gasteiger partial charge in [0.25, 0.3) is 5.91 Å². The molecule has 168 valence electrons. The average molecular weight is 454 g/mol. The zero-order chi connectivity index (χ0) is 22.8. The standard InChI is InChI=1S/C24H27N3O4S/c1-4-27(5-2)15-11-10-14-12-17(21(25)31-18(14)13-15)22(28)26-23-20(24(29)30-6-3)16-8-7-9-19(16)32-23/h10-13,25H,4-9H2,1-3H3,(H,26,28). The molecule has 1 amide bonds. The van der Waals surface area contributed by atoms with Gasteiger partial charge in [-0.3, -0.25) is 10.2 Å². The highest BCUT2D eigenvalue weighted by molar-refractivity contribution is 7.17. The van der Waals surface area contributed by atoms with E-state index in [4.69, 9.17) is 14.6 Å². The Labute approximate surface area is 190 Å². The molecule has 0 saturated heterocycles. The van der Waals surface area contributed by atoms with Crippen LogP contribution in [-0.4, -0.2) is 31.6 Å². The van der Waals surface area contributed by atoms with E-state index in [0.29, 0.717) is 16.1 Å². The summed E-state index contributed by atoms with van der Waals surface area (Å²) in [7, 11) is 0. The Morgan fingerprint density at radius 3 is 2.69 bits per heavy atom. The molecule has 0 atom stereocenters. The van der Waals surface area contributed by atoms with Crippen LogP contribution in [0.15, 0.2) is 28.7 Å². The zero-order valence-electron chi connectivity index (χ0n) is 18.5.